The summed E-state index contributed by atoms with van der Waals surface area (Å²) in [5.74, 6) is 0. The van der Waals surface area contributed by atoms with E-state index < -0.39 is 0 Å². The Bertz CT molecular complexity index is 4070. The van der Waals surface area contributed by atoms with Crippen LogP contribution in [0.2, 0.25) is 0 Å². The molecule has 1 heterocycles. The van der Waals surface area contributed by atoms with Crippen molar-refractivity contribution in [3.63, 3.8) is 0 Å². The van der Waals surface area contributed by atoms with Crippen molar-refractivity contribution >= 4 is 97.2 Å². The molecule has 1 nitrogen and oxygen atoms in total. The number of aromatic nitrogens is 1. The van der Waals surface area contributed by atoms with Gasteiger partial charge in [-0.25, -0.2) is 0 Å². The Morgan fingerprint density at radius 3 is 1.51 bits per heavy atom. The molecule has 0 aliphatic heterocycles. The highest BCUT2D eigenvalue weighted by molar-refractivity contribution is 6.45. The van der Waals surface area contributed by atoms with E-state index in [1.807, 2.05) is 0 Å². The van der Waals surface area contributed by atoms with Crippen LogP contribution in [0.5, 0.6) is 0 Å². The number of nitrogens with zero attached hydrogens (tertiary/aromatic N) is 1. The second kappa shape index (κ2) is 12.3. The molecule has 0 amide bonds. The van der Waals surface area contributed by atoms with E-state index in [1.54, 1.807) is 0 Å². The maximum atomic E-state index is 2.53. The number of hydrogen-bond donors (Lipinski definition) is 0. The first-order valence-corrected chi connectivity index (χ1v) is 21.3. The largest absolute Gasteiger partial charge is 0.309 e. The number of hydrogen-bond acceptors (Lipinski definition) is 0. The van der Waals surface area contributed by atoms with E-state index in [1.165, 1.54) is 136 Å². The Morgan fingerprint density at radius 1 is 0.230 bits per heavy atom. The first-order chi connectivity index (χ1) is 30.3. The molecule has 0 unspecified atom stereocenters. The summed E-state index contributed by atoms with van der Waals surface area (Å²) in [6, 6.07) is 79.1. The average Bonchev–Trinajstić information content (AvgIpc) is 3.96. The molecule has 61 heavy (non-hydrogen) atoms. The summed E-state index contributed by atoms with van der Waals surface area (Å²) in [6.45, 7) is 0. The van der Waals surface area contributed by atoms with Crippen molar-refractivity contribution in [3.05, 3.63) is 212 Å². The van der Waals surface area contributed by atoms with Crippen LogP contribution < -0.4 is 0 Å². The second-order valence-electron chi connectivity index (χ2n) is 16.7. The monoisotopic (exact) mass is 769 g/mol. The third-order valence-electron chi connectivity index (χ3n) is 13.6. The minimum absolute atomic E-state index is 1.17. The summed E-state index contributed by atoms with van der Waals surface area (Å²) >= 11 is 0. The molecule has 0 atom stereocenters. The number of fused-ring (bicyclic) bond motifs is 11. The standard InChI is InChI=1S/C60H35N/c1-4-16-36(17-5-1)54-51-35-50-42-23-11-10-22-41(42)45-26-15-27-46(57(45)50)58(51)55(37-18-6-2-7-19-37)60-47-28-14-25-44-40(31-32-48(56(44)47)59(54)60)38-30-33-53-49(34-38)43-24-12-13-29-52(43)61(53)39-20-8-3-9-21-39/h1-35H. The number of rotatable bonds is 4. The topological polar surface area (TPSA) is 4.93 Å². The first-order valence-electron chi connectivity index (χ1n) is 21.3. The molecule has 13 aromatic carbocycles. The van der Waals surface area contributed by atoms with Gasteiger partial charge >= 0.3 is 0 Å². The molecule has 0 aliphatic carbocycles. The SMILES string of the molecule is c1ccc(-c2c3cc4c5ccccc5c5cccc(c3c(-c3ccccc3)c3c6cccc7c(-c8ccc9c(c8)c8ccccc8n9-c8ccccc8)ccc(c23)c76)c54)cc1. The Kier molecular flexibility index (Phi) is 6.62. The lowest BCUT2D eigenvalue weighted by Crippen LogP contribution is -1.92. The van der Waals surface area contributed by atoms with Gasteiger partial charge in [0.15, 0.2) is 0 Å². The van der Waals surface area contributed by atoms with Gasteiger partial charge in [-0.1, -0.05) is 176 Å². The van der Waals surface area contributed by atoms with Crippen molar-refractivity contribution in [1.82, 2.24) is 4.57 Å². The summed E-state index contributed by atoms with van der Waals surface area (Å²) in [7, 11) is 0. The molecule has 0 saturated heterocycles. The van der Waals surface area contributed by atoms with E-state index in [0.717, 1.165) is 0 Å². The van der Waals surface area contributed by atoms with Crippen LogP contribution in [0.4, 0.5) is 0 Å². The lowest BCUT2D eigenvalue weighted by Gasteiger charge is -2.19. The van der Waals surface area contributed by atoms with Crippen molar-refractivity contribution in [2.75, 3.05) is 0 Å². The lowest BCUT2D eigenvalue weighted by molar-refractivity contribution is 1.18. The molecular weight excluding hydrogens is 735 g/mol. The summed E-state index contributed by atoms with van der Waals surface area (Å²) in [6.07, 6.45) is 0. The van der Waals surface area contributed by atoms with Crippen LogP contribution in [-0.2, 0) is 0 Å². The van der Waals surface area contributed by atoms with Crippen LogP contribution >= 0.6 is 0 Å². The fourth-order valence-corrected chi connectivity index (χ4v) is 11.3. The molecule has 0 bridgehead atoms. The van der Waals surface area contributed by atoms with Crippen molar-refractivity contribution < 1.29 is 0 Å². The molecule has 0 saturated carbocycles. The number of benzene rings is 11. The third kappa shape index (κ3) is 4.39. The van der Waals surface area contributed by atoms with E-state index >= 15 is 0 Å². The highest BCUT2D eigenvalue weighted by Gasteiger charge is 2.27. The van der Waals surface area contributed by atoms with Crippen molar-refractivity contribution in [1.29, 1.82) is 0 Å². The molecular formula is C60H35N. The zero-order valence-electron chi connectivity index (χ0n) is 33.2. The summed E-state index contributed by atoms with van der Waals surface area (Å²) < 4.78 is 2.40. The number of para-hydroxylation sites is 2. The van der Waals surface area contributed by atoms with Gasteiger partial charge in [-0.15, -0.1) is 0 Å². The predicted octanol–water partition coefficient (Wildman–Crippen LogP) is 16.7. The zero-order chi connectivity index (χ0) is 39.8. The van der Waals surface area contributed by atoms with Gasteiger partial charge in [-0.2, -0.15) is 0 Å². The van der Waals surface area contributed by atoms with Crippen LogP contribution in [0.25, 0.3) is 136 Å². The second-order valence-corrected chi connectivity index (χ2v) is 16.7. The first kappa shape index (κ1) is 32.9. The van der Waals surface area contributed by atoms with E-state index in [2.05, 4.69) is 217 Å². The van der Waals surface area contributed by atoms with Crippen LogP contribution in [-0.4, -0.2) is 4.57 Å². The molecule has 280 valence electrons. The normalized spacial score (nSPS) is 12.3. The van der Waals surface area contributed by atoms with Gasteiger partial charge in [0.2, 0.25) is 0 Å². The molecule has 0 aliphatic rings. The van der Waals surface area contributed by atoms with Crippen LogP contribution in [0.1, 0.15) is 0 Å². The van der Waals surface area contributed by atoms with E-state index in [-0.39, 0.29) is 0 Å². The maximum Gasteiger partial charge on any atom is 0.0541 e. The third-order valence-corrected chi connectivity index (χ3v) is 13.6. The fraction of sp³-hybridized carbons (Fsp3) is 0. The van der Waals surface area contributed by atoms with Crippen LogP contribution in [0, 0.1) is 0 Å². The minimum atomic E-state index is 1.17. The molecule has 0 spiro atoms. The molecule has 14 aromatic rings. The lowest BCUT2D eigenvalue weighted by atomic mass is 9.84. The van der Waals surface area contributed by atoms with Gasteiger partial charge < -0.3 is 4.57 Å². The molecule has 14 rings (SSSR count). The van der Waals surface area contributed by atoms with Crippen molar-refractivity contribution in [3.8, 4) is 39.1 Å². The Balaban J connectivity index is 1.15. The van der Waals surface area contributed by atoms with Crippen LogP contribution in [0.15, 0.2) is 212 Å². The minimum Gasteiger partial charge on any atom is -0.309 e. The molecule has 0 fully saturated rings. The highest BCUT2D eigenvalue weighted by atomic mass is 15.0. The average molecular weight is 770 g/mol. The summed E-state index contributed by atoms with van der Waals surface area (Å²) in [5.41, 5.74) is 11.2. The van der Waals surface area contributed by atoms with E-state index in [9.17, 15) is 0 Å². The summed E-state index contributed by atoms with van der Waals surface area (Å²) in [5, 5.41) is 21.0. The van der Waals surface area contributed by atoms with Crippen LogP contribution in [0.3, 0.4) is 0 Å². The Morgan fingerprint density at radius 2 is 0.754 bits per heavy atom. The maximum absolute atomic E-state index is 2.53. The van der Waals surface area contributed by atoms with Gasteiger partial charge in [0, 0.05) is 16.5 Å². The van der Waals surface area contributed by atoms with Crippen molar-refractivity contribution in [2.24, 2.45) is 0 Å². The van der Waals surface area contributed by atoms with Gasteiger partial charge in [0.05, 0.1) is 11.0 Å². The van der Waals surface area contributed by atoms with Gasteiger partial charge in [-0.3, -0.25) is 0 Å². The highest BCUT2D eigenvalue weighted by Crippen LogP contribution is 2.55. The quantitative estimate of drug-likeness (QED) is 0.157. The molecule has 0 radical (unpaired) electrons. The molecule has 1 heteroatoms. The summed E-state index contributed by atoms with van der Waals surface area (Å²) in [4.78, 5) is 0. The van der Waals surface area contributed by atoms with Gasteiger partial charge in [-0.05, 0) is 145 Å². The zero-order valence-corrected chi connectivity index (χ0v) is 33.2. The molecule has 1 aromatic heterocycles. The fourth-order valence-electron chi connectivity index (χ4n) is 11.3. The predicted molar refractivity (Wildman–Crippen MR) is 262 cm³/mol. The van der Waals surface area contributed by atoms with Gasteiger partial charge in [0.1, 0.15) is 0 Å². The Hall–Kier alpha value is -8.00. The van der Waals surface area contributed by atoms with Gasteiger partial charge in [0.25, 0.3) is 0 Å². The van der Waals surface area contributed by atoms with Crippen molar-refractivity contribution in [2.45, 2.75) is 0 Å². The Labute approximate surface area is 351 Å². The van der Waals surface area contributed by atoms with E-state index in [0.29, 0.717) is 0 Å². The van der Waals surface area contributed by atoms with E-state index in [4.69, 9.17) is 0 Å². The molecule has 0 N–H and O–H groups in total. The smallest absolute Gasteiger partial charge is 0.0541 e.